The summed E-state index contributed by atoms with van der Waals surface area (Å²) in [5.41, 5.74) is 0. The zero-order valence-electron chi connectivity index (χ0n) is 9.88. The average Bonchev–Trinajstić information content (AvgIpc) is 2.03. The van der Waals surface area contributed by atoms with Crippen molar-refractivity contribution in [1.29, 1.82) is 0 Å². The minimum Gasteiger partial charge on any atom is -0.306 e. The lowest BCUT2D eigenvalue weighted by molar-refractivity contribution is 0.166. The molecule has 0 aliphatic heterocycles. The van der Waals surface area contributed by atoms with E-state index in [2.05, 4.69) is 46.3 Å². The molecule has 0 saturated carbocycles. The van der Waals surface area contributed by atoms with E-state index in [9.17, 15) is 0 Å². The number of hydrogen-bond donors (Lipinski definition) is 0. The van der Waals surface area contributed by atoms with E-state index in [1.807, 2.05) is 6.08 Å². The molecule has 0 N–H and O–H groups in total. The number of hydrogen-bond acceptors (Lipinski definition) is 1. The van der Waals surface area contributed by atoms with Crippen LogP contribution in [0.1, 0.15) is 33.6 Å². The normalized spacial score (nSPS) is 16.2. The van der Waals surface area contributed by atoms with Crippen molar-refractivity contribution in [2.45, 2.75) is 39.7 Å². The molecule has 0 aliphatic rings. The van der Waals surface area contributed by atoms with Gasteiger partial charge in [0.1, 0.15) is 0 Å². The van der Waals surface area contributed by atoms with Crippen LogP contribution in [-0.4, -0.2) is 25.0 Å². The predicted molar refractivity (Wildman–Crippen MR) is 60.9 cm³/mol. The van der Waals surface area contributed by atoms with Crippen molar-refractivity contribution < 1.29 is 0 Å². The van der Waals surface area contributed by atoms with Gasteiger partial charge in [-0.05, 0) is 32.4 Å². The Balaban J connectivity index is 4.38. The summed E-state index contributed by atoms with van der Waals surface area (Å²) >= 11 is 0. The number of nitrogens with zero attached hydrogens (tertiary/aromatic N) is 1. The molecule has 0 aromatic carbocycles. The summed E-state index contributed by atoms with van der Waals surface area (Å²) in [7, 11) is 4.33. The minimum atomic E-state index is 0.655. The highest BCUT2D eigenvalue weighted by Crippen LogP contribution is 2.24. The minimum absolute atomic E-state index is 0.655. The molecule has 2 unspecified atom stereocenters. The van der Waals surface area contributed by atoms with Crippen LogP contribution in [0.2, 0.25) is 0 Å². The maximum atomic E-state index is 3.83. The fourth-order valence-electron chi connectivity index (χ4n) is 2.13. The molecule has 0 bridgehead atoms. The highest BCUT2D eigenvalue weighted by Gasteiger charge is 2.23. The zero-order chi connectivity index (χ0) is 10.4. The van der Waals surface area contributed by atoms with Gasteiger partial charge in [0, 0.05) is 6.04 Å². The molecule has 0 fully saturated rings. The Morgan fingerprint density at radius 3 is 2.08 bits per heavy atom. The van der Waals surface area contributed by atoms with E-state index in [1.165, 1.54) is 6.42 Å². The van der Waals surface area contributed by atoms with Crippen LogP contribution >= 0.6 is 0 Å². The summed E-state index contributed by atoms with van der Waals surface area (Å²) < 4.78 is 0. The van der Waals surface area contributed by atoms with Gasteiger partial charge >= 0.3 is 0 Å². The lowest BCUT2D eigenvalue weighted by Crippen LogP contribution is -2.37. The van der Waals surface area contributed by atoms with Crippen molar-refractivity contribution in [3.63, 3.8) is 0 Å². The quantitative estimate of drug-likeness (QED) is 0.572. The molecule has 78 valence electrons. The molecule has 0 aromatic rings. The second-order valence-electron chi connectivity index (χ2n) is 4.37. The third kappa shape index (κ3) is 3.95. The Bertz CT molecular complexity index is 138. The van der Waals surface area contributed by atoms with E-state index in [1.54, 1.807) is 0 Å². The molecular formula is C12H25N. The van der Waals surface area contributed by atoms with Gasteiger partial charge in [-0.3, -0.25) is 0 Å². The Morgan fingerprint density at radius 1 is 1.31 bits per heavy atom. The summed E-state index contributed by atoms with van der Waals surface area (Å²) in [6.45, 7) is 10.7. The second-order valence-corrected chi connectivity index (χ2v) is 4.37. The second kappa shape index (κ2) is 6.20. The third-order valence-electron chi connectivity index (χ3n) is 2.89. The summed E-state index contributed by atoms with van der Waals surface area (Å²) in [5.74, 6) is 1.55. The highest BCUT2D eigenvalue weighted by molar-refractivity contribution is 4.84. The number of rotatable bonds is 6. The van der Waals surface area contributed by atoms with Gasteiger partial charge in [-0.25, -0.2) is 0 Å². The lowest BCUT2D eigenvalue weighted by atomic mass is 9.84. The van der Waals surface area contributed by atoms with Crippen LogP contribution in [0, 0.1) is 11.8 Å². The summed E-state index contributed by atoms with van der Waals surface area (Å²) in [4.78, 5) is 2.33. The fourth-order valence-corrected chi connectivity index (χ4v) is 2.13. The molecule has 0 saturated heterocycles. The van der Waals surface area contributed by atoms with E-state index < -0.39 is 0 Å². The van der Waals surface area contributed by atoms with E-state index >= 15 is 0 Å². The van der Waals surface area contributed by atoms with Crippen LogP contribution < -0.4 is 0 Å². The van der Waals surface area contributed by atoms with Gasteiger partial charge in [-0.1, -0.05) is 33.3 Å². The molecule has 0 radical (unpaired) electrons. The fraction of sp³-hybridized carbons (Fsp3) is 0.833. The van der Waals surface area contributed by atoms with Crippen LogP contribution in [0.5, 0.6) is 0 Å². The van der Waals surface area contributed by atoms with Gasteiger partial charge in [0.05, 0.1) is 0 Å². The Morgan fingerprint density at radius 2 is 1.85 bits per heavy atom. The van der Waals surface area contributed by atoms with Gasteiger partial charge < -0.3 is 4.90 Å². The molecule has 1 heteroatoms. The standard InChI is InChI=1S/C12H25N/c1-7-9-12(13(5)6)11(8-2)10(3)4/h7,10-12H,1,8-9H2,2-6H3. The van der Waals surface area contributed by atoms with Crippen molar-refractivity contribution in [3.8, 4) is 0 Å². The summed E-state index contributed by atoms with van der Waals surface area (Å²) in [5, 5.41) is 0. The van der Waals surface area contributed by atoms with Crippen LogP contribution in [0.3, 0.4) is 0 Å². The van der Waals surface area contributed by atoms with Crippen molar-refractivity contribution in [3.05, 3.63) is 12.7 Å². The van der Waals surface area contributed by atoms with Crippen LogP contribution in [0.4, 0.5) is 0 Å². The largest absolute Gasteiger partial charge is 0.306 e. The third-order valence-corrected chi connectivity index (χ3v) is 2.89. The Kier molecular flexibility index (Phi) is 6.06. The molecule has 0 spiro atoms. The van der Waals surface area contributed by atoms with Gasteiger partial charge in [0.25, 0.3) is 0 Å². The first-order valence-corrected chi connectivity index (χ1v) is 5.31. The van der Waals surface area contributed by atoms with E-state index in [4.69, 9.17) is 0 Å². The Labute approximate surface area is 83.8 Å². The molecule has 0 rings (SSSR count). The average molecular weight is 183 g/mol. The monoisotopic (exact) mass is 183 g/mol. The molecule has 0 aliphatic carbocycles. The van der Waals surface area contributed by atoms with E-state index in [0.29, 0.717) is 6.04 Å². The SMILES string of the molecule is C=CCC(C(CC)C(C)C)N(C)C. The molecule has 2 atom stereocenters. The van der Waals surface area contributed by atoms with Crippen LogP contribution in [0.15, 0.2) is 12.7 Å². The molecule has 0 amide bonds. The van der Waals surface area contributed by atoms with Crippen molar-refractivity contribution >= 4 is 0 Å². The topological polar surface area (TPSA) is 3.24 Å². The summed E-state index contributed by atoms with van der Waals surface area (Å²) in [6, 6.07) is 0.655. The van der Waals surface area contributed by atoms with Gasteiger partial charge in [-0.15, -0.1) is 6.58 Å². The van der Waals surface area contributed by atoms with Crippen molar-refractivity contribution in [2.75, 3.05) is 14.1 Å². The molecule has 13 heavy (non-hydrogen) atoms. The first-order chi connectivity index (χ1) is 6.04. The predicted octanol–water partition coefficient (Wildman–Crippen LogP) is 3.17. The van der Waals surface area contributed by atoms with Crippen molar-refractivity contribution in [2.24, 2.45) is 11.8 Å². The smallest absolute Gasteiger partial charge is 0.0154 e. The van der Waals surface area contributed by atoms with Crippen LogP contribution in [-0.2, 0) is 0 Å². The van der Waals surface area contributed by atoms with Crippen molar-refractivity contribution in [1.82, 2.24) is 4.90 Å². The molecule has 0 heterocycles. The van der Waals surface area contributed by atoms with Gasteiger partial charge in [-0.2, -0.15) is 0 Å². The van der Waals surface area contributed by atoms with E-state index in [-0.39, 0.29) is 0 Å². The maximum Gasteiger partial charge on any atom is 0.0154 e. The molecule has 0 aromatic heterocycles. The van der Waals surface area contributed by atoms with Crippen LogP contribution in [0.25, 0.3) is 0 Å². The van der Waals surface area contributed by atoms with Gasteiger partial charge in [0.2, 0.25) is 0 Å². The first kappa shape index (κ1) is 12.7. The van der Waals surface area contributed by atoms with Gasteiger partial charge in [0.15, 0.2) is 0 Å². The molecular weight excluding hydrogens is 158 g/mol. The highest BCUT2D eigenvalue weighted by atomic mass is 15.1. The van der Waals surface area contributed by atoms with E-state index in [0.717, 1.165) is 18.3 Å². The lowest BCUT2D eigenvalue weighted by Gasteiger charge is -2.33. The Hall–Kier alpha value is -0.300. The summed E-state index contributed by atoms with van der Waals surface area (Å²) in [6.07, 6.45) is 4.40. The molecule has 1 nitrogen and oxygen atoms in total. The first-order valence-electron chi connectivity index (χ1n) is 5.31. The zero-order valence-corrected chi connectivity index (χ0v) is 9.88. The maximum absolute atomic E-state index is 3.83.